The van der Waals surface area contributed by atoms with Crippen LogP contribution in [0.1, 0.15) is 0 Å². The summed E-state index contributed by atoms with van der Waals surface area (Å²) in [7, 11) is 1.69. The van der Waals surface area contributed by atoms with E-state index in [1.165, 1.54) is 12.1 Å². The van der Waals surface area contributed by atoms with E-state index >= 15 is 0 Å². The molecule has 0 aliphatic carbocycles. The molecule has 0 bridgehead atoms. The highest BCUT2D eigenvalue weighted by Crippen LogP contribution is 2.18. The molecule has 1 aromatic rings. The van der Waals surface area contributed by atoms with E-state index in [-0.39, 0.29) is 6.04 Å². The summed E-state index contributed by atoms with van der Waals surface area (Å²) in [6, 6.07) is 3.22. The summed E-state index contributed by atoms with van der Waals surface area (Å²) in [5.74, 6) is -1.19. The first-order valence-electron chi connectivity index (χ1n) is 4.66. The molecule has 1 rings (SSSR count). The Morgan fingerprint density at radius 2 is 2.07 bits per heavy atom. The zero-order valence-electron chi connectivity index (χ0n) is 8.58. The van der Waals surface area contributed by atoms with E-state index in [9.17, 15) is 8.78 Å². The van der Waals surface area contributed by atoms with Crippen LogP contribution in [0.5, 0.6) is 0 Å². The van der Waals surface area contributed by atoms with Crippen LogP contribution in [-0.2, 0) is 0 Å². The van der Waals surface area contributed by atoms with E-state index in [1.807, 2.05) is 0 Å². The Hall–Kier alpha value is -1.20. The minimum atomic E-state index is -0.596. The summed E-state index contributed by atoms with van der Waals surface area (Å²) < 4.78 is 25.9. The lowest BCUT2D eigenvalue weighted by molar-refractivity contribution is 0.576. The second kappa shape index (κ2) is 5.04. The van der Waals surface area contributed by atoms with Crippen molar-refractivity contribution in [3.8, 4) is 0 Å². The van der Waals surface area contributed by atoms with Gasteiger partial charge in [-0.05, 0) is 12.1 Å². The maximum Gasteiger partial charge on any atom is 0.149 e. The molecule has 0 heterocycles. The molecule has 1 aromatic carbocycles. The molecule has 3 nitrogen and oxygen atoms in total. The Morgan fingerprint density at radius 3 is 2.60 bits per heavy atom. The van der Waals surface area contributed by atoms with Crippen molar-refractivity contribution in [1.29, 1.82) is 0 Å². The zero-order valence-corrected chi connectivity index (χ0v) is 8.58. The Labute approximate surface area is 87.7 Å². The second-order valence-corrected chi connectivity index (χ2v) is 3.47. The number of hydrogen-bond donors (Lipinski definition) is 2. The molecule has 0 aliphatic rings. The molecule has 0 saturated heterocycles. The van der Waals surface area contributed by atoms with E-state index in [1.54, 1.807) is 11.9 Å². The molecular weight excluding hydrogens is 200 g/mol. The van der Waals surface area contributed by atoms with Crippen LogP contribution < -0.4 is 16.4 Å². The third kappa shape index (κ3) is 3.14. The van der Waals surface area contributed by atoms with E-state index in [4.69, 9.17) is 11.5 Å². The van der Waals surface area contributed by atoms with Gasteiger partial charge in [0.15, 0.2) is 0 Å². The fraction of sp³-hybridized carbons (Fsp3) is 0.400. The van der Waals surface area contributed by atoms with Crippen molar-refractivity contribution in [1.82, 2.24) is 0 Å². The number of anilines is 1. The Kier molecular flexibility index (Phi) is 3.99. The van der Waals surface area contributed by atoms with Gasteiger partial charge >= 0.3 is 0 Å². The van der Waals surface area contributed by atoms with Crippen LogP contribution >= 0.6 is 0 Å². The maximum atomic E-state index is 13.3. The second-order valence-electron chi connectivity index (χ2n) is 3.47. The first-order chi connectivity index (χ1) is 7.04. The van der Waals surface area contributed by atoms with Crippen molar-refractivity contribution in [2.75, 3.05) is 25.0 Å². The quantitative estimate of drug-likeness (QED) is 0.776. The number of nitrogens with two attached hydrogens (primary N) is 2. The van der Waals surface area contributed by atoms with Crippen molar-refractivity contribution in [3.63, 3.8) is 0 Å². The van der Waals surface area contributed by atoms with Crippen molar-refractivity contribution in [3.05, 3.63) is 29.8 Å². The molecule has 1 unspecified atom stereocenters. The highest BCUT2D eigenvalue weighted by atomic mass is 19.1. The van der Waals surface area contributed by atoms with Crippen LogP contribution in [0.4, 0.5) is 14.5 Å². The monoisotopic (exact) mass is 215 g/mol. The molecule has 1 atom stereocenters. The third-order valence-electron chi connectivity index (χ3n) is 2.13. The predicted molar refractivity (Wildman–Crippen MR) is 56.7 cm³/mol. The standard InChI is InChI=1S/C10H15F2N3/c1-15(6-8(14)5-13)10-3-2-7(11)4-9(10)12/h2-4,8H,5-6,13-14H2,1H3. The highest BCUT2D eigenvalue weighted by Gasteiger charge is 2.10. The van der Waals surface area contributed by atoms with Crippen LogP contribution in [0.2, 0.25) is 0 Å². The number of halogens is 2. The average Bonchev–Trinajstić information content (AvgIpc) is 2.17. The molecule has 84 valence electrons. The maximum absolute atomic E-state index is 13.3. The largest absolute Gasteiger partial charge is 0.371 e. The minimum Gasteiger partial charge on any atom is -0.371 e. The van der Waals surface area contributed by atoms with Crippen molar-refractivity contribution in [2.45, 2.75) is 6.04 Å². The molecule has 0 aromatic heterocycles. The minimum absolute atomic E-state index is 0.223. The Balaban J connectivity index is 2.77. The lowest BCUT2D eigenvalue weighted by Crippen LogP contribution is -2.40. The topological polar surface area (TPSA) is 55.3 Å². The fourth-order valence-electron chi connectivity index (χ4n) is 1.32. The molecule has 4 N–H and O–H groups in total. The van der Waals surface area contributed by atoms with Crippen LogP contribution in [0.15, 0.2) is 18.2 Å². The summed E-state index contributed by atoms with van der Waals surface area (Å²) in [5.41, 5.74) is 11.3. The first-order valence-corrected chi connectivity index (χ1v) is 4.66. The third-order valence-corrected chi connectivity index (χ3v) is 2.13. The number of hydrogen-bond acceptors (Lipinski definition) is 3. The van der Waals surface area contributed by atoms with Crippen molar-refractivity contribution in [2.24, 2.45) is 11.5 Å². The molecule has 15 heavy (non-hydrogen) atoms. The van der Waals surface area contributed by atoms with Crippen LogP contribution in [0.25, 0.3) is 0 Å². The summed E-state index contributed by atoms with van der Waals surface area (Å²) in [6.45, 7) is 0.756. The van der Waals surface area contributed by atoms with Gasteiger partial charge in [-0.15, -0.1) is 0 Å². The highest BCUT2D eigenvalue weighted by molar-refractivity contribution is 5.47. The van der Waals surface area contributed by atoms with Crippen LogP contribution in [0.3, 0.4) is 0 Å². The number of likely N-dealkylation sites (N-methyl/N-ethyl adjacent to an activating group) is 1. The fourth-order valence-corrected chi connectivity index (χ4v) is 1.32. The van der Waals surface area contributed by atoms with Gasteiger partial charge in [-0.3, -0.25) is 0 Å². The van der Waals surface area contributed by atoms with Crippen molar-refractivity contribution >= 4 is 5.69 Å². The van der Waals surface area contributed by atoms with Gasteiger partial charge in [0.25, 0.3) is 0 Å². The molecule has 0 amide bonds. The summed E-state index contributed by atoms with van der Waals surface area (Å²) >= 11 is 0. The summed E-state index contributed by atoms with van der Waals surface area (Å²) in [5, 5.41) is 0. The van der Waals surface area contributed by atoms with Gasteiger partial charge in [0.05, 0.1) is 5.69 Å². The van der Waals surface area contributed by atoms with Crippen molar-refractivity contribution < 1.29 is 8.78 Å². The van der Waals surface area contributed by atoms with Gasteiger partial charge < -0.3 is 16.4 Å². The van der Waals surface area contributed by atoms with E-state index in [0.717, 1.165) is 6.07 Å². The molecule has 0 spiro atoms. The van der Waals surface area contributed by atoms with Gasteiger partial charge in [-0.1, -0.05) is 0 Å². The number of nitrogens with zero attached hydrogens (tertiary/aromatic N) is 1. The van der Waals surface area contributed by atoms with Gasteiger partial charge in [-0.25, -0.2) is 8.78 Å². The van der Waals surface area contributed by atoms with E-state index in [0.29, 0.717) is 18.8 Å². The lowest BCUT2D eigenvalue weighted by Gasteiger charge is -2.22. The first kappa shape index (κ1) is 11.9. The van der Waals surface area contributed by atoms with E-state index in [2.05, 4.69) is 0 Å². The molecule has 5 heteroatoms. The number of benzene rings is 1. The number of rotatable bonds is 4. The summed E-state index contributed by atoms with van der Waals surface area (Å²) in [4.78, 5) is 1.62. The summed E-state index contributed by atoms with van der Waals surface area (Å²) in [6.07, 6.45) is 0. The predicted octanol–water partition coefficient (Wildman–Crippen LogP) is 0.687. The van der Waals surface area contributed by atoms with Crippen LogP contribution in [-0.4, -0.2) is 26.2 Å². The molecule has 0 aliphatic heterocycles. The molecule has 0 saturated carbocycles. The van der Waals surface area contributed by atoms with Gasteiger partial charge in [-0.2, -0.15) is 0 Å². The average molecular weight is 215 g/mol. The van der Waals surface area contributed by atoms with Gasteiger partial charge in [0.1, 0.15) is 11.6 Å². The van der Waals surface area contributed by atoms with E-state index < -0.39 is 11.6 Å². The van der Waals surface area contributed by atoms with Crippen LogP contribution in [0, 0.1) is 11.6 Å². The normalized spacial score (nSPS) is 12.6. The Morgan fingerprint density at radius 1 is 1.40 bits per heavy atom. The lowest BCUT2D eigenvalue weighted by atomic mass is 10.2. The smallest absolute Gasteiger partial charge is 0.149 e. The van der Waals surface area contributed by atoms with Gasteiger partial charge in [0.2, 0.25) is 0 Å². The molecule has 0 radical (unpaired) electrons. The SMILES string of the molecule is CN(CC(N)CN)c1ccc(F)cc1F. The zero-order chi connectivity index (χ0) is 11.4. The Bertz CT molecular complexity index is 330. The molecule has 0 fully saturated rings. The molecular formula is C10H15F2N3. The van der Waals surface area contributed by atoms with Gasteiger partial charge in [0, 0.05) is 32.2 Å².